The number of hydrogen-bond donors (Lipinski definition) is 1. The number of hydrogen-bond acceptors (Lipinski definition) is 3. The Morgan fingerprint density at radius 2 is 1.53 bits per heavy atom. The summed E-state index contributed by atoms with van der Waals surface area (Å²) >= 11 is 6.35. The van der Waals surface area contributed by atoms with Gasteiger partial charge in [-0.1, -0.05) is 47.5 Å². The Morgan fingerprint density at radius 3 is 2.10 bits per heavy atom. The van der Waals surface area contributed by atoms with E-state index in [2.05, 4.69) is 5.32 Å². The molecule has 3 rings (SSSR count). The summed E-state index contributed by atoms with van der Waals surface area (Å²) in [5, 5.41) is 3.06. The Hall–Kier alpha value is -2.83. The van der Waals surface area contributed by atoms with Gasteiger partial charge < -0.3 is 5.32 Å². The van der Waals surface area contributed by atoms with Crippen LogP contribution >= 0.6 is 11.6 Å². The highest BCUT2D eigenvalue weighted by atomic mass is 35.5. The Balaban J connectivity index is 1.87. The average molecular weight is 443 g/mol. The van der Waals surface area contributed by atoms with E-state index in [-0.39, 0.29) is 21.4 Å². The molecule has 0 atom stereocenters. The van der Waals surface area contributed by atoms with Crippen LogP contribution in [-0.2, 0) is 10.0 Å². The van der Waals surface area contributed by atoms with E-state index < -0.39 is 10.0 Å². The summed E-state index contributed by atoms with van der Waals surface area (Å²) in [5.41, 5.74) is 4.23. The van der Waals surface area contributed by atoms with Crippen molar-refractivity contribution in [3.63, 3.8) is 0 Å². The fourth-order valence-electron chi connectivity index (χ4n) is 3.08. The van der Waals surface area contributed by atoms with Gasteiger partial charge in [0, 0.05) is 12.7 Å². The summed E-state index contributed by atoms with van der Waals surface area (Å²) in [5.74, 6) is -0.354. The topological polar surface area (TPSA) is 66.5 Å². The van der Waals surface area contributed by atoms with Gasteiger partial charge in [-0.25, -0.2) is 8.42 Å². The van der Waals surface area contributed by atoms with Crippen LogP contribution in [0, 0.1) is 20.8 Å². The zero-order valence-electron chi connectivity index (χ0n) is 17.2. The van der Waals surface area contributed by atoms with E-state index in [0.29, 0.717) is 5.69 Å². The molecule has 3 aromatic rings. The maximum Gasteiger partial charge on any atom is 0.264 e. The first kappa shape index (κ1) is 21.9. The molecule has 5 nitrogen and oxygen atoms in total. The Kier molecular flexibility index (Phi) is 6.19. The lowest BCUT2D eigenvalue weighted by Crippen LogP contribution is -2.26. The number of carbonyl (C=O) groups excluding carboxylic acids is 1. The lowest BCUT2D eigenvalue weighted by Gasteiger charge is -2.20. The summed E-state index contributed by atoms with van der Waals surface area (Å²) in [6.45, 7) is 5.72. The number of halogens is 1. The number of nitrogens with zero attached hydrogens (tertiary/aromatic N) is 1. The lowest BCUT2D eigenvalue weighted by atomic mass is 10.1. The summed E-state index contributed by atoms with van der Waals surface area (Å²) in [4.78, 5) is 12.9. The van der Waals surface area contributed by atoms with E-state index in [0.717, 1.165) is 26.7 Å². The molecule has 0 radical (unpaired) electrons. The molecule has 0 saturated carbocycles. The van der Waals surface area contributed by atoms with E-state index in [1.54, 1.807) is 30.3 Å². The quantitative estimate of drug-likeness (QED) is 0.579. The largest absolute Gasteiger partial charge is 0.321 e. The fraction of sp³-hybridized carbons (Fsp3) is 0.174. The van der Waals surface area contributed by atoms with Gasteiger partial charge in [0.15, 0.2) is 0 Å². The average Bonchev–Trinajstić information content (AvgIpc) is 2.70. The summed E-state index contributed by atoms with van der Waals surface area (Å²) < 4.78 is 26.9. The van der Waals surface area contributed by atoms with E-state index in [4.69, 9.17) is 11.6 Å². The molecule has 0 fully saturated rings. The SMILES string of the molecule is Cc1ccc(S(=O)(=O)N(C)c2ccc(C(=O)Nc3c(C)cccc3C)c(Cl)c2)cc1. The van der Waals surface area contributed by atoms with Gasteiger partial charge in [-0.3, -0.25) is 9.10 Å². The van der Waals surface area contributed by atoms with Crippen molar-refractivity contribution >= 4 is 38.9 Å². The standard InChI is InChI=1S/C23H23ClN2O3S/c1-15-8-11-19(12-9-15)30(28,29)26(4)18-10-13-20(21(24)14-18)23(27)25-22-16(2)6-5-7-17(22)3/h5-14H,1-4H3,(H,25,27). The second-order valence-corrected chi connectivity index (χ2v) is 9.55. The Labute approximate surface area is 182 Å². The first-order valence-electron chi connectivity index (χ1n) is 9.34. The number of amides is 1. The number of anilines is 2. The van der Waals surface area contributed by atoms with Crippen molar-refractivity contribution in [1.29, 1.82) is 0 Å². The number of nitrogens with one attached hydrogen (secondary N) is 1. The van der Waals surface area contributed by atoms with E-state index >= 15 is 0 Å². The molecule has 0 aromatic heterocycles. The molecule has 7 heteroatoms. The van der Waals surface area contributed by atoms with Crippen LogP contribution in [0.3, 0.4) is 0 Å². The molecule has 1 amide bonds. The molecular weight excluding hydrogens is 420 g/mol. The third-order valence-electron chi connectivity index (χ3n) is 4.96. The minimum atomic E-state index is -3.74. The van der Waals surface area contributed by atoms with Crippen LogP contribution in [0.5, 0.6) is 0 Å². The molecule has 0 aliphatic rings. The minimum Gasteiger partial charge on any atom is -0.321 e. The Morgan fingerprint density at radius 1 is 0.933 bits per heavy atom. The molecule has 0 aliphatic heterocycles. The van der Waals surface area contributed by atoms with Gasteiger partial charge in [0.1, 0.15) is 0 Å². The van der Waals surface area contributed by atoms with Crippen molar-refractivity contribution in [3.05, 3.63) is 87.9 Å². The maximum absolute atomic E-state index is 12.9. The van der Waals surface area contributed by atoms with E-state index in [9.17, 15) is 13.2 Å². The number of benzene rings is 3. The van der Waals surface area contributed by atoms with Crippen molar-refractivity contribution in [2.45, 2.75) is 25.7 Å². The summed E-state index contributed by atoms with van der Waals surface area (Å²) in [7, 11) is -2.29. The maximum atomic E-state index is 12.9. The normalized spacial score (nSPS) is 11.2. The summed E-state index contributed by atoms with van der Waals surface area (Å²) in [6.07, 6.45) is 0. The number of para-hydroxylation sites is 1. The molecule has 156 valence electrons. The molecule has 30 heavy (non-hydrogen) atoms. The first-order valence-corrected chi connectivity index (χ1v) is 11.2. The van der Waals surface area contributed by atoms with Crippen LogP contribution in [0.2, 0.25) is 5.02 Å². The third kappa shape index (κ3) is 4.35. The van der Waals surface area contributed by atoms with Crippen molar-refractivity contribution in [2.24, 2.45) is 0 Å². The van der Waals surface area contributed by atoms with Gasteiger partial charge >= 0.3 is 0 Å². The molecular formula is C23H23ClN2O3S. The van der Waals surface area contributed by atoms with Crippen LogP contribution in [0.4, 0.5) is 11.4 Å². The van der Waals surface area contributed by atoms with Gasteiger partial charge in [-0.05, 0) is 62.2 Å². The smallest absolute Gasteiger partial charge is 0.264 e. The van der Waals surface area contributed by atoms with Crippen LogP contribution in [0.1, 0.15) is 27.0 Å². The number of sulfonamides is 1. The zero-order valence-corrected chi connectivity index (χ0v) is 18.8. The van der Waals surface area contributed by atoms with Crippen molar-refractivity contribution in [3.8, 4) is 0 Å². The fourth-order valence-corrected chi connectivity index (χ4v) is 4.53. The van der Waals surface area contributed by atoms with Crippen molar-refractivity contribution in [1.82, 2.24) is 0 Å². The Bertz CT molecular complexity index is 1190. The van der Waals surface area contributed by atoms with Crippen LogP contribution in [0.15, 0.2) is 65.6 Å². The lowest BCUT2D eigenvalue weighted by molar-refractivity contribution is 0.102. The van der Waals surface area contributed by atoms with Crippen molar-refractivity contribution < 1.29 is 13.2 Å². The number of carbonyl (C=O) groups is 1. The van der Waals surface area contributed by atoms with E-state index in [1.807, 2.05) is 39.0 Å². The molecule has 0 heterocycles. The van der Waals surface area contributed by atoms with E-state index in [1.165, 1.54) is 19.2 Å². The highest BCUT2D eigenvalue weighted by Gasteiger charge is 2.22. The van der Waals surface area contributed by atoms with Crippen LogP contribution < -0.4 is 9.62 Å². The molecule has 0 saturated heterocycles. The number of aryl methyl sites for hydroxylation is 3. The molecule has 0 bridgehead atoms. The van der Waals surface area contributed by atoms with Crippen LogP contribution in [0.25, 0.3) is 0 Å². The second-order valence-electron chi connectivity index (χ2n) is 7.17. The zero-order chi connectivity index (χ0) is 22.1. The predicted octanol–water partition coefficient (Wildman–Crippen LogP) is 5.34. The monoisotopic (exact) mass is 442 g/mol. The number of rotatable bonds is 5. The predicted molar refractivity (Wildman–Crippen MR) is 122 cm³/mol. The molecule has 3 aromatic carbocycles. The van der Waals surface area contributed by atoms with Gasteiger partial charge in [0.25, 0.3) is 15.9 Å². The first-order chi connectivity index (χ1) is 14.1. The van der Waals surface area contributed by atoms with Gasteiger partial charge in [-0.15, -0.1) is 0 Å². The second kappa shape index (κ2) is 8.50. The summed E-state index contributed by atoms with van der Waals surface area (Å²) in [6, 6.07) is 16.9. The molecule has 0 unspecified atom stereocenters. The van der Waals surface area contributed by atoms with Gasteiger partial charge in [0.05, 0.1) is 21.2 Å². The molecule has 1 N–H and O–H groups in total. The highest BCUT2D eigenvalue weighted by Crippen LogP contribution is 2.28. The molecule has 0 spiro atoms. The van der Waals surface area contributed by atoms with Gasteiger partial charge in [0.2, 0.25) is 0 Å². The van der Waals surface area contributed by atoms with Crippen molar-refractivity contribution in [2.75, 3.05) is 16.7 Å². The van der Waals surface area contributed by atoms with Crippen LogP contribution in [-0.4, -0.2) is 21.4 Å². The third-order valence-corrected chi connectivity index (χ3v) is 7.07. The molecule has 0 aliphatic carbocycles. The highest BCUT2D eigenvalue weighted by molar-refractivity contribution is 7.92. The minimum absolute atomic E-state index is 0.169. The van der Waals surface area contributed by atoms with Gasteiger partial charge in [-0.2, -0.15) is 0 Å².